The van der Waals surface area contributed by atoms with Crippen LogP contribution in [0.15, 0.2) is 72.8 Å². The predicted octanol–water partition coefficient (Wildman–Crippen LogP) is 4.24. The largest absolute Gasteiger partial charge is 0.640 e. The van der Waals surface area contributed by atoms with Gasteiger partial charge in [0.1, 0.15) is 0 Å². The van der Waals surface area contributed by atoms with Crippen LogP contribution in [-0.4, -0.2) is 7.32 Å². The van der Waals surface area contributed by atoms with Gasteiger partial charge < -0.3 is 14.0 Å². The molecule has 0 N–H and O–H groups in total. The summed E-state index contributed by atoms with van der Waals surface area (Å²) in [6.45, 7) is 0.573. The minimum Gasteiger partial charge on any atom is -0.382 e. The first-order valence-electron chi connectivity index (χ1n) is 9.52. The van der Waals surface area contributed by atoms with E-state index in [0.717, 1.165) is 16.7 Å². The zero-order valence-electron chi connectivity index (χ0n) is 16.7. The lowest BCUT2D eigenvalue weighted by Crippen LogP contribution is -2.27. The summed E-state index contributed by atoms with van der Waals surface area (Å²) in [5.74, 6) is 0. The van der Waals surface area contributed by atoms with Crippen molar-refractivity contribution in [3.63, 3.8) is 0 Å². The van der Waals surface area contributed by atoms with Crippen molar-refractivity contribution in [2.24, 2.45) is 0 Å². The van der Waals surface area contributed by atoms with E-state index in [1.54, 1.807) is 54.6 Å². The highest BCUT2D eigenvalue weighted by Gasteiger charge is 2.22. The molecule has 3 aromatic carbocycles. The zero-order valence-corrected chi connectivity index (χ0v) is 16.7. The van der Waals surface area contributed by atoms with E-state index in [4.69, 9.17) is 29.7 Å². The zero-order chi connectivity index (χ0) is 21.9. The summed E-state index contributed by atoms with van der Waals surface area (Å²) in [6, 6.07) is 27.6. The third-order valence-corrected chi connectivity index (χ3v) is 4.33. The minimum atomic E-state index is -0.984. The Bertz CT molecular complexity index is 1020. The first-order chi connectivity index (χ1) is 15.2. The van der Waals surface area contributed by atoms with E-state index in [1.807, 2.05) is 18.2 Å². The van der Waals surface area contributed by atoms with Gasteiger partial charge >= 0.3 is 7.32 Å². The second kappa shape index (κ2) is 11.3. The summed E-state index contributed by atoms with van der Waals surface area (Å²) in [6.07, 6.45) is 0. The van der Waals surface area contributed by atoms with Crippen LogP contribution in [0.3, 0.4) is 0 Å². The van der Waals surface area contributed by atoms with Gasteiger partial charge in [-0.2, -0.15) is 15.8 Å². The number of nitriles is 3. The number of nitrogens with zero attached hydrogens (tertiary/aromatic N) is 3. The molecule has 0 saturated carbocycles. The van der Waals surface area contributed by atoms with Crippen molar-refractivity contribution in [1.29, 1.82) is 15.8 Å². The molecule has 0 bridgehead atoms. The molecule has 150 valence electrons. The predicted molar refractivity (Wildman–Crippen MR) is 114 cm³/mol. The van der Waals surface area contributed by atoms with Gasteiger partial charge in [-0.25, -0.2) is 0 Å². The summed E-state index contributed by atoms with van der Waals surface area (Å²) >= 11 is 0. The van der Waals surface area contributed by atoms with Crippen molar-refractivity contribution in [2.75, 3.05) is 0 Å². The summed E-state index contributed by atoms with van der Waals surface area (Å²) in [5.41, 5.74) is 4.07. The van der Waals surface area contributed by atoms with Gasteiger partial charge in [-0.3, -0.25) is 0 Å². The number of benzene rings is 3. The van der Waals surface area contributed by atoms with Gasteiger partial charge in [0.2, 0.25) is 0 Å². The monoisotopic (exact) mass is 407 g/mol. The second-order valence-electron chi connectivity index (χ2n) is 6.66. The van der Waals surface area contributed by atoms with Crippen LogP contribution in [0.5, 0.6) is 0 Å². The highest BCUT2D eigenvalue weighted by Crippen LogP contribution is 2.12. The van der Waals surface area contributed by atoms with Gasteiger partial charge in [-0.05, 0) is 53.1 Å². The van der Waals surface area contributed by atoms with Gasteiger partial charge in [-0.1, -0.05) is 36.4 Å². The van der Waals surface area contributed by atoms with Gasteiger partial charge in [-0.15, -0.1) is 0 Å². The molecule has 0 aliphatic heterocycles. The molecule has 0 aromatic heterocycles. The molecule has 31 heavy (non-hydrogen) atoms. The van der Waals surface area contributed by atoms with Crippen molar-refractivity contribution >= 4 is 7.32 Å². The number of hydrogen-bond donors (Lipinski definition) is 0. The summed E-state index contributed by atoms with van der Waals surface area (Å²) in [4.78, 5) is 0. The lowest BCUT2D eigenvalue weighted by Gasteiger charge is -2.15. The molecule has 0 fully saturated rings. The number of hydrogen-bond acceptors (Lipinski definition) is 6. The van der Waals surface area contributed by atoms with Crippen molar-refractivity contribution in [3.8, 4) is 18.2 Å². The topological polar surface area (TPSA) is 99.1 Å². The summed E-state index contributed by atoms with van der Waals surface area (Å²) < 4.78 is 17.4. The van der Waals surface area contributed by atoms with Crippen LogP contribution in [0.4, 0.5) is 0 Å². The van der Waals surface area contributed by atoms with Crippen LogP contribution in [0, 0.1) is 34.0 Å². The summed E-state index contributed by atoms with van der Waals surface area (Å²) in [5, 5.41) is 27.2. The fourth-order valence-corrected chi connectivity index (χ4v) is 2.83. The molecule has 0 heterocycles. The lowest BCUT2D eigenvalue weighted by atomic mass is 10.1. The standard InChI is InChI=1S/C24H18BN3O3/c26-13-19-4-1-7-22(10-19)16-29-25(30-17-23-8-2-5-20(11-23)14-27)31-18-24-9-3-6-21(12-24)15-28/h1-12H,16-18H2. The first kappa shape index (κ1) is 21.8. The van der Waals surface area contributed by atoms with E-state index >= 15 is 0 Å². The highest BCUT2D eigenvalue weighted by atomic mass is 16.7. The van der Waals surface area contributed by atoms with Crippen molar-refractivity contribution in [3.05, 3.63) is 106 Å². The quantitative estimate of drug-likeness (QED) is 0.492. The van der Waals surface area contributed by atoms with Crippen LogP contribution in [-0.2, 0) is 33.8 Å². The molecule has 0 radical (unpaired) electrons. The maximum absolute atomic E-state index is 9.06. The fraction of sp³-hybridized carbons (Fsp3) is 0.125. The molecule has 0 atom stereocenters. The Morgan fingerprint density at radius 3 is 1.16 bits per heavy atom. The molecule has 0 unspecified atom stereocenters. The minimum absolute atomic E-state index is 0.191. The third kappa shape index (κ3) is 6.82. The third-order valence-electron chi connectivity index (χ3n) is 4.33. The van der Waals surface area contributed by atoms with Crippen molar-refractivity contribution in [2.45, 2.75) is 19.8 Å². The molecule has 7 heteroatoms. The maximum atomic E-state index is 9.06. The first-order valence-corrected chi connectivity index (χ1v) is 9.52. The Morgan fingerprint density at radius 2 is 0.871 bits per heavy atom. The second-order valence-corrected chi connectivity index (χ2v) is 6.66. The van der Waals surface area contributed by atoms with Crippen molar-refractivity contribution in [1.82, 2.24) is 0 Å². The Balaban J connectivity index is 1.66. The average molecular weight is 407 g/mol. The maximum Gasteiger partial charge on any atom is 0.640 e. The van der Waals surface area contributed by atoms with E-state index in [0.29, 0.717) is 16.7 Å². The lowest BCUT2D eigenvalue weighted by molar-refractivity contribution is 0.0766. The van der Waals surface area contributed by atoms with E-state index in [2.05, 4.69) is 18.2 Å². The van der Waals surface area contributed by atoms with Crippen LogP contribution in [0.1, 0.15) is 33.4 Å². The van der Waals surface area contributed by atoms with E-state index < -0.39 is 7.32 Å². The Kier molecular flexibility index (Phi) is 7.94. The number of rotatable bonds is 9. The highest BCUT2D eigenvalue weighted by molar-refractivity contribution is 6.36. The van der Waals surface area contributed by atoms with E-state index in [-0.39, 0.29) is 19.8 Å². The van der Waals surface area contributed by atoms with E-state index in [9.17, 15) is 0 Å². The average Bonchev–Trinajstić information content (AvgIpc) is 2.83. The van der Waals surface area contributed by atoms with Gasteiger partial charge in [0.15, 0.2) is 0 Å². The van der Waals surface area contributed by atoms with Gasteiger partial charge in [0.05, 0.1) is 54.7 Å². The fourth-order valence-electron chi connectivity index (χ4n) is 2.83. The van der Waals surface area contributed by atoms with Gasteiger partial charge in [0, 0.05) is 0 Å². The van der Waals surface area contributed by atoms with Crippen LogP contribution >= 0.6 is 0 Å². The van der Waals surface area contributed by atoms with E-state index in [1.165, 1.54) is 0 Å². The van der Waals surface area contributed by atoms with Crippen LogP contribution < -0.4 is 0 Å². The molecule has 0 saturated heterocycles. The Hall–Kier alpha value is -3.93. The molecule has 0 aliphatic rings. The van der Waals surface area contributed by atoms with Crippen LogP contribution in [0.25, 0.3) is 0 Å². The molecule has 0 aliphatic carbocycles. The molecule has 0 spiro atoms. The molecule has 3 aromatic rings. The Morgan fingerprint density at radius 1 is 0.548 bits per heavy atom. The Labute approximate surface area is 181 Å². The molecule has 6 nitrogen and oxygen atoms in total. The van der Waals surface area contributed by atoms with Crippen molar-refractivity contribution < 1.29 is 14.0 Å². The molecule has 3 rings (SSSR count). The van der Waals surface area contributed by atoms with Gasteiger partial charge in [0.25, 0.3) is 0 Å². The molecular formula is C24H18BN3O3. The van der Waals surface area contributed by atoms with Crippen LogP contribution in [0.2, 0.25) is 0 Å². The smallest absolute Gasteiger partial charge is 0.382 e. The summed E-state index contributed by atoms with van der Waals surface area (Å²) in [7, 11) is -0.984. The normalized spacial score (nSPS) is 9.97. The SMILES string of the molecule is N#Cc1cccc(COB(OCc2cccc(C#N)c2)OCc2cccc(C#N)c2)c1. The molecule has 0 amide bonds. The molecular weight excluding hydrogens is 389 g/mol.